The highest BCUT2D eigenvalue weighted by Gasteiger charge is 2.38. The van der Waals surface area contributed by atoms with Gasteiger partial charge in [0.15, 0.2) is 5.82 Å². The van der Waals surface area contributed by atoms with Gasteiger partial charge in [0.05, 0.1) is 17.4 Å². The third kappa shape index (κ3) is 1.93. The van der Waals surface area contributed by atoms with Crippen LogP contribution in [0.4, 0.5) is 5.82 Å². The van der Waals surface area contributed by atoms with E-state index in [0.29, 0.717) is 5.41 Å². The summed E-state index contributed by atoms with van der Waals surface area (Å²) in [6.07, 6.45) is 7.19. The zero-order chi connectivity index (χ0) is 13.6. The predicted octanol–water partition coefficient (Wildman–Crippen LogP) is 2.73. The van der Waals surface area contributed by atoms with Crippen molar-refractivity contribution in [1.82, 2.24) is 15.0 Å². The Kier molecular flexibility index (Phi) is 2.96. The molecular formula is C14H17BrN4O. The SMILES string of the molecule is Brc1cnc(N2CCC3(CCOC3)CC2)c2[nH]cnc12. The number of rotatable bonds is 1. The first-order valence-electron chi connectivity index (χ1n) is 7.08. The molecule has 2 aromatic heterocycles. The number of pyridine rings is 1. The Hall–Kier alpha value is -1.14. The summed E-state index contributed by atoms with van der Waals surface area (Å²) in [5, 5.41) is 0. The number of piperidine rings is 1. The standard InChI is InChI=1S/C14H17BrN4O/c15-10-7-16-13(12-11(10)17-9-18-12)19-4-1-14(2-5-19)3-6-20-8-14/h7,9H,1-6,8H2,(H,17,18). The van der Waals surface area contributed by atoms with E-state index in [1.54, 1.807) is 6.33 Å². The minimum absolute atomic E-state index is 0.430. The predicted molar refractivity (Wildman–Crippen MR) is 80.9 cm³/mol. The fourth-order valence-electron chi connectivity index (χ4n) is 3.37. The van der Waals surface area contributed by atoms with Gasteiger partial charge in [-0.15, -0.1) is 0 Å². The molecule has 5 nitrogen and oxygen atoms in total. The molecule has 106 valence electrons. The van der Waals surface area contributed by atoms with Crippen LogP contribution in [0, 0.1) is 5.41 Å². The monoisotopic (exact) mass is 336 g/mol. The molecule has 4 heterocycles. The van der Waals surface area contributed by atoms with Crippen LogP contribution in [0.3, 0.4) is 0 Å². The van der Waals surface area contributed by atoms with Crippen molar-refractivity contribution >= 4 is 32.8 Å². The van der Waals surface area contributed by atoms with Crippen LogP contribution in [-0.4, -0.2) is 41.3 Å². The van der Waals surface area contributed by atoms with E-state index < -0.39 is 0 Å². The number of ether oxygens (including phenoxy) is 1. The van der Waals surface area contributed by atoms with Gasteiger partial charge < -0.3 is 14.6 Å². The van der Waals surface area contributed by atoms with E-state index in [9.17, 15) is 0 Å². The average molecular weight is 337 g/mol. The Morgan fingerprint density at radius 1 is 1.25 bits per heavy atom. The van der Waals surface area contributed by atoms with Gasteiger partial charge in [-0.1, -0.05) is 0 Å². The molecule has 2 aromatic rings. The number of hydrogen-bond acceptors (Lipinski definition) is 4. The van der Waals surface area contributed by atoms with Crippen molar-refractivity contribution in [2.24, 2.45) is 5.41 Å². The van der Waals surface area contributed by atoms with Crippen LogP contribution < -0.4 is 4.90 Å². The normalized spacial score (nSPS) is 21.9. The molecule has 4 rings (SSSR count). The number of nitrogens with zero attached hydrogens (tertiary/aromatic N) is 3. The Morgan fingerprint density at radius 3 is 2.85 bits per heavy atom. The number of imidazole rings is 1. The van der Waals surface area contributed by atoms with Crippen LogP contribution in [0.1, 0.15) is 19.3 Å². The summed E-state index contributed by atoms with van der Waals surface area (Å²) >= 11 is 3.50. The maximum atomic E-state index is 5.60. The van der Waals surface area contributed by atoms with Crippen molar-refractivity contribution in [2.75, 3.05) is 31.2 Å². The Balaban J connectivity index is 1.61. The molecule has 0 radical (unpaired) electrons. The van der Waals surface area contributed by atoms with Gasteiger partial charge in [0.25, 0.3) is 0 Å². The lowest BCUT2D eigenvalue weighted by Crippen LogP contribution is -2.41. The highest BCUT2D eigenvalue weighted by molar-refractivity contribution is 9.10. The second kappa shape index (κ2) is 4.70. The Morgan fingerprint density at radius 2 is 2.10 bits per heavy atom. The number of hydrogen-bond donors (Lipinski definition) is 1. The van der Waals surface area contributed by atoms with Gasteiger partial charge in [-0.05, 0) is 40.6 Å². The van der Waals surface area contributed by atoms with Crippen molar-refractivity contribution in [3.05, 3.63) is 17.0 Å². The van der Waals surface area contributed by atoms with Gasteiger partial charge in [0.1, 0.15) is 11.0 Å². The number of aromatic nitrogens is 3. The lowest BCUT2D eigenvalue weighted by atomic mass is 9.78. The first-order chi connectivity index (χ1) is 9.77. The maximum Gasteiger partial charge on any atom is 0.154 e. The number of H-pyrrole nitrogens is 1. The summed E-state index contributed by atoms with van der Waals surface area (Å²) in [5.74, 6) is 1.02. The maximum absolute atomic E-state index is 5.60. The van der Waals surface area contributed by atoms with Crippen LogP contribution in [-0.2, 0) is 4.74 Å². The Bertz CT molecular complexity index is 625. The van der Waals surface area contributed by atoms with Crippen LogP contribution in [0.15, 0.2) is 17.0 Å². The molecule has 0 unspecified atom stereocenters. The lowest BCUT2D eigenvalue weighted by molar-refractivity contribution is 0.133. The summed E-state index contributed by atoms with van der Waals surface area (Å²) in [7, 11) is 0. The molecule has 1 spiro atoms. The van der Waals surface area contributed by atoms with E-state index in [-0.39, 0.29) is 0 Å². The summed E-state index contributed by atoms with van der Waals surface area (Å²) < 4.78 is 6.54. The van der Waals surface area contributed by atoms with E-state index in [1.165, 1.54) is 19.3 Å². The molecule has 0 atom stereocenters. The molecular weight excluding hydrogens is 320 g/mol. The number of nitrogens with one attached hydrogen (secondary N) is 1. The molecule has 2 aliphatic rings. The van der Waals surface area contributed by atoms with Crippen LogP contribution >= 0.6 is 15.9 Å². The number of fused-ring (bicyclic) bond motifs is 1. The largest absolute Gasteiger partial charge is 0.381 e. The van der Waals surface area contributed by atoms with Gasteiger partial charge in [-0.2, -0.15) is 0 Å². The fourth-order valence-corrected chi connectivity index (χ4v) is 3.77. The summed E-state index contributed by atoms with van der Waals surface area (Å²) in [4.78, 5) is 14.5. The second-order valence-corrected chi connectivity index (χ2v) is 6.70. The van der Waals surface area contributed by atoms with Crippen LogP contribution in [0.2, 0.25) is 0 Å². The van der Waals surface area contributed by atoms with Crippen LogP contribution in [0.25, 0.3) is 11.0 Å². The third-order valence-electron chi connectivity index (χ3n) is 4.70. The first kappa shape index (κ1) is 12.6. The van der Waals surface area contributed by atoms with E-state index in [4.69, 9.17) is 4.74 Å². The molecule has 0 bridgehead atoms. The summed E-state index contributed by atoms with van der Waals surface area (Å²) in [6, 6.07) is 0. The molecule has 0 aromatic carbocycles. The van der Waals surface area contributed by atoms with Gasteiger partial charge in [0, 0.05) is 25.9 Å². The second-order valence-electron chi connectivity index (χ2n) is 5.85. The van der Waals surface area contributed by atoms with Crippen molar-refractivity contribution in [2.45, 2.75) is 19.3 Å². The Labute approximate surface area is 125 Å². The van der Waals surface area contributed by atoms with Crippen molar-refractivity contribution in [3.8, 4) is 0 Å². The van der Waals surface area contributed by atoms with Crippen molar-refractivity contribution in [3.63, 3.8) is 0 Å². The average Bonchev–Trinajstić information content (AvgIpc) is 3.11. The molecule has 20 heavy (non-hydrogen) atoms. The zero-order valence-electron chi connectivity index (χ0n) is 11.2. The minimum atomic E-state index is 0.430. The highest BCUT2D eigenvalue weighted by Crippen LogP contribution is 2.40. The fraction of sp³-hybridized carbons (Fsp3) is 0.571. The van der Waals surface area contributed by atoms with Gasteiger partial charge >= 0.3 is 0 Å². The molecule has 1 N–H and O–H groups in total. The van der Waals surface area contributed by atoms with Crippen LogP contribution in [0.5, 0.6) is 0 Å². The van der Waals surface area contributed by atoms with Gasteiger partial charge in [0.2, 0.25) is 0 Å². The van der Waals surface area contributed by atoms with Crippen molar-refractivity contribution in [1.29, 1.82) is 0 Å². The molecule has 0 aliphatic carbocycles. The summed E-state index contributed by atoms with van der Waals surface area (Å²) in [6.45, 7) is 3.97. The molecule has 6 heteroatoms. The molecule has 0 amide bonds. The zero-order valence-corrected chi connectivity index (χ0v) is 12.8. The third-order valence-corrected chi connectivity index (χ3v) is 5.28. The van der Waals surface area contributed by atoms with E-state index >= 15 is 0 Å². The molecule has 0 saturated carbocycles. The smallest absolute Gasteiger partial charge is 0.154 e. The molecule has 2 fully saturated rings. The van der Waals surface area contributed by atoms with E-state index in [0.717, 1.165) is 47.6 Å². The number of aromatic amines is 1. The van der Waals surface area contributed by atoms with E-state index in [1.807, 2.05) is 6.20 Å². The van der Waals surface area contributed by atoms with Gasteiger partial charge in [-0.25, -0.2) is 9.97 Å². The quantitative estimate of drug-likeness (QED) is 0.869. The van der Waals surface area contributed by atoms with Gasteiger partial charge in [-0.3, -0.25) is 0 Å². The highest BCUT2D eigenvalue weighted by atomic mass is 79.9. The number of anilines is 1. The summed E-state index contributed by atoms with van der Waals surface area (Å²) in [5.41, 5.74) is 2.41. The topological polar surface area (TPSA) is 54.0 Å². The molecule has 2 aliphatic heterocycles. The lowest BCUT2D eigenvalue weighted by Gasteiger charge is -2.38. The molecule has 2 saturated heterocycles. The van der Waals surface area contributed by atoms with E-state index in [2.05, 4.69) is 35.8 Å². The minimum Gasteiger partial charge on any atom is -0.381 e. The number of halogens is 1. The first-order valence-corrected chi connectivity index (χ1v) is 7.87. The van der Waals surface area contributed by atoms with Crippen molar-refractivity contribution < 1.29 is 4.74 Å².